The van der Waals surface area contributed by atoms with Crippen LogP contribution in [-0.2, 0) is 4.74 Å². The van der Waals surface area contributed by atoms with Crippen molar-refractivity contribution in [3.05, 3.63) is 23.9 Å². The summed E-state index contributed by atoms with van der Waals surface area (Å²) in [6, 6.07) is 6.21. The van der Waals surface area contributed by atoms with Crippen molar-refractivity contribution in [2.75, 3.05) is 38.7 Å². The molecule has 2 heterocycles. The van der Waals surface area contributed by atoms with Crippen LogP contribution in [0.25, 0.3) is 0 Å². The van der Waals surface area contributed by atoms with Crippen LogP contribution in [0.4, 0.5) is 5.82 Å². The minimum Gasteiger partial charge on any atom is -0.383 e. The van der Waals surface area contributed by atoms with E-state index in [1.54, 1.807) is 7.11 Å². The quantitative estimate of drug-likeness (QED) is 0.761. The Bertz CT molecular complexity index is 337. The smallest absolute Gasteiger partial charge is 0.126 e. The topological polar surface area (TPSA) is 46.2 Å². The van der Waals surface area contributed by atoms with Crippen molar-refractivity contribution in [2.24, 2.45) is 0 Å². The van der Waals surface area contributed by atoms with E-state index in [1.807, 2.05) is 6.07 Å². The van der Waals surface area contributed by atoms with E-state index in [1.165, 1.54) is 18.5 Å². The molecule has 0 spiro atoms. The zero-order valence-corrected chi connectivity index (χ0v) is 10.4. The van der Waals surface area contributed by atoms with Crippen LogP contribution < -0.4 is 10.6 Å². The van der Waals surface area contributed by atoms with E-state index in [0.29, 0.717) is 12.5 Å². The predicted molar refractivity (Wildman–Crippen MR) is 69.4 cm³/mol. The van der Waals surface area contributed by atoms with Gasteiger partial charge in [-0.15, -0.1) is 0 Å². The number of rotatable bonds is 5. The summed E-state index contributed by atoms with van der Waals surface area (Å²) in [5.74, 6) is 1.51. The minimum atomic E-state index is 0.563. The number of piperidine rings is 1. The zero-order chi connectivity index (χ0) is 11.9. The standard InChI is InChI=1S/C13H21N3O/c1-17-9-8-15-13-6-2-5-12(16-13)11-4-3-7-14-10-11/h2,5-6,11,14H,3-4,7-10H2,1H3,(H,15,16). The summed E-state index contributed by atoms with van der Waals surface area (Å²) < 4.78 is 5.01. The van der Waals surface area contributed by atoms with Crippen molar-refractivity contribution < 1.29 is 4.74 Å². The highest BCUT2D eigenvalue weighted by atomic mass is 16.5. The number of hydrogen-bond acceptors (Lipinski definition) is 4. The van der Waals surface area contributed by atoms with Crippen molar-refractivity contribution in [3.63, 3.8) is 0 Å². The third kappa shape index (κ3) is 3.68. The molecule has 1 aromatic heterocycles. The van der Waals surface area contributed by atoms with Gasteiger partial charge in [0.05, 0.1) is 6.61 Å². The van der Waals surface area contributed by atoms with Crippen LogP contribution in [0.2, 0.25) is 0 Å². The van der Waals surface area contributed by atoms with Gasteiger partial charge in [0, 0.05) is 31.8 Å². The third-order valence-corrected chi connectivity index (χ3v) is 3.10. The van der Waals surface area contributed by atoms with Gasteiger partial charge in [-0.3, -0.25) is 0 Å². The molecule has 0 aliphatic carbocycles. The van der Waals surface area contributed by atoms with E-state index in [9.17, 15) is 0 Å². The first-order valence-electron chi connectivity index (χ1n) is 6.30. The number of nitrogens with zero attached hydrogens (tertiary/aromatic N) is 1. The number of aromatic nitrogens is 1. The summed E-state index contributed by atoms with van der Waals surface area (Å²) in [6.07, 6.45) is 2.48. The Morgan fingerprint density at radius 3 is 3.24 bits per heavy atom. The van der Waals surface area contributed by atoms with E-state index in [2.05, 4.69) is 27.8 Å². The van der Waals surface area contributed by atoms with Crippen molar-refractivity contribution in [2.45, 2.75) is 18.8 Å². The molecule has 0 amide bonds. The van der Waals surface area contributed by atoms with E-state index in [0.717, 1.165) is 25.5 Å². The second kappa shape index (κ2) is 6.57. The molecular weight excluding hydrogens is 214 g/mol. The second-order valence-electron chi connectivity index (χ2n) is 4.41. The van der Waals surface area contributed by atoms with Crippen LogP contribution in [0.3, 0.4) is 0 Å². The Morgan fingerprint density at radius 1 is 1.53 bits per heavy atom. The molecule has 1 saturated heterocycles. The summed E-state index contributed by atoms with van der Waals surface area (Å²) in [7, 11) is 1.71. The lowest BCUT2D eigenvalue weighted by atomic mass is 9.96. The Balaban J connectivity index is 1.95. The highest BCUT2D eigenvalue weighted by Crippen LogP contribution is 2.22. The van der Waals surface area contributed by atoms with Crippen molar-refractivity contribution in [1.29, 1.82) is 0 Å². The molecule has 0 bridgehead atoms. The number of ether oxygens (including phenoxy) is 1. The maximum absolute atomic E-state index is 5.01. The number of hydrogen-bond donors (Lipinski definition) is 2. The molecule has 2 N–H and O–H groups in total. The average molecular weight is 235 g/mol. The van der Waals surface area contributed by atoms with E-state index >= 15 is 0 Å². The van der Waals surface area contributed by atoms with E-state index < -0.39 is 0 Å². The van der Waals surface area contributed by atoms with Gasteiger partial charge in [-0.1, -0.05) is 6.07 Å². The lowest BCUT2D eigenvalue weighted by Crippen LogP contribution is -2.28. The van der Waals surface area contributed by atoms with Gasteiger partial charge in [-0.2, -0.15) is 0 Å². The molecule has 4 heteroatoms. The summed E-state index contributed by atoms with van der Waals surface area (Å²) in [5.41, 5.74) is 1.19. The van der Waals surface area contributed by atoms with Gasteiger partial charge in [0.15, 0.2) is 0 Å². The summed E-state index contributed by atoms with van der Waals surface area (Å²) >= 11 is 0. The maximum atomic E-state index is 5.01. The largest absolute Gasteiger partial charge is 0.383 e. The molecule has 1 aromatic rings. The highest BCUT2D eigenvalue weighted by Gasteiger charge is 2.16. The molecular formula is C13H21N3O. The van der Waals surface area contributed by atoms with Crippen LogP contribution in [0.15, 0.2) is 18.2 Å². The Morgan fingerprint density at radius 2 is 2.47 bits per heavy atom. The van der Waals surface area contributed by atoms with Crippen LogP contribution in [-0.4, -0.2) is 38.3 Å². The molecule has 2 rings (SSSR count). The Hall–Kier alpha value is -1.13. The van der Waals surface area contributed by atoms with Crippen LogP contribution >= 0.6 is 0 Å². The Kier molecular flexibility index (Phi) is 4.76. The molecule has 1 atom stereocenters. The van der Waals surface area contributed by atoms with Crippen LogP contribution in [0, 0.1) is 0 Å². The SMILES string of the molecule is COCCNc1cccc(C2CCCNC2)n1. The highest BCUT2D eigenvalue weighted by molar-refractivity contribution is 5.36. The van der Waals surface area contributed by atoms with Crippen molar-refractivity contribution >= 4 is 5.82 Å². The van der Waals surface area contributed by atoms with Gasteiger partial charge < -0.3 is 15.4 Å². The van der Waals surface area contributed by atoms with Gasteiger partial charge in [-0.05, 0) is 31.5 Å². The number of pyridine rings is 1. The first-order valence-corrected chi connectivity index (χ1v) is 6.30. The summed E-state index contributed by atoms with van der Waals surface area (Å²) in [4.78, 5) is 4.66. The Labute approximate surface area is 103 Å². The lowest BCUT2D eigenvalue weighted by Gasteiger charge is -2.22. The van der Waals surface area contributed by atoms with Gasteiger partial charge in [0.25, 0.3) is 0 Å². The van der Waals surface area contributed by atoms with E-state index in [-0.39, 0.29) is 0 Å². The number of methoxy groups -OCH3 is 1. The minimum absolute atomic E-state index is 0.563. The third-order valence-electron chi connectivity index (χ3n) is 3.10. The van der Waals surface area contributed by atoms with Gasteiger partial charge in [0.1, 0.15) is 5.82 Å². The van der Waals surface area contributed by atoms with E-state index in [4.69, 9.17) is 4.74 Å². The number of anilines is 1. The monoisotopic (exact) mass is 235 g/mol. The fourth-order valence-corrected chi connectivity index (χ4v) is 2.16. The van der Waals surface area contributed by atoms with Gasteiger partial charge in [0.2, 0.25) is 0 Å². The first kappa shape index (κ1) is 12.3. The molecule has 1 fully saturated rings. The zero-order valence-electron chi connectivity index (χ0n) is 10.4. The van der Waals surface area contributed by atoms with Crippen molar-refractivity contribution in [3.8, 4) is 0 Å². The van der Waals surface area contributed by atoms with Gasteiger partial charge >= 0.3 is 0 Å². The maximum Gasteiger partial charge on any atom is 0.126 e. The summed E-state index contributed by atoms with van der Waals surface area (Å²) in [6.45, 7) is 3.70. The first-order chi connectivity index (χ1) is 8.40. The fourth-order valence-electron chi connectivity index (χ4n) is 2.16. The predicted octanol–water partition coefficient (Wildman–Crippen LogP) is 1.61. The number of nitrogens with one attached hydrogen (secondary N) is 2. The van der Waals surface area contributed by atoms with Gasteiger partial charge in [-0.25, -0.2) is 4.98 Å². The lowest BCUT2D eigenvalue weighted by molar-refractivity contribution is 0.210. The summed E-state index contributed by atoms with van der Waals surface area (Å²) in [5, 5.41) is 6.69. The normalized spacial score (nSPS) is 20.2. The second-order valence-corrected chi connectivity index (χ2v) is 4.41. The molecule has 94 valence electrons. The fraction of sp³-hybridized carbons (Fsp3) is 0.615. The molecule has 17 heavy (non-hydrogen) atoms. The van der Waals surface area contributed by atoms with Crippen molar-refractivity contribution in [1.82, 2.24) is 10.3 Å². The van der Waals surface area contributed by atoms with Crippen LogP contribution in [0.1, 0.15) is 24.5 Å². The molecule has 0 saturated carbocycles. The molecule has 0 radical (unpaired) electrons. The molecule has 4 nitrogen and oxygen atoms in total. The molecule has 1 unspecified atom stereocenters. The average Bonchev–Trinajstić information content (AvgIpc) is 2.41. The molecule has 1 aliphatic heterocycles. The molecule has 0 aromatic carbocycles. The van der Waals surface area contributed by atoms with Crippen LogP contribution in [0.5, 0.6) is 0 Å². The molecule has 1 aliphatic rings.